The molecule has 9 heteroatoms. The van der Waals surface area contributed by atoms with Crippen LogP contribution in [0.5, 0.6) is 0 Å². The highest BCUT2D eigenvalue weighted by atomic mass is 32.2. The van der Waals surface area contributed by atoms with Crippen molar-refractivity contribution in [2.45, 2.75) is 11.8 Å². The van der Waals surface area contributed by atoms with Crippen molar-refractivity contribution in [1.82, 2.24) is 9.97 Å². The minimum atomic E-state index is -3.31. The van der Waals surface area contributed by atoms with Crippen LogP contribution in [0.15, 0.2) is 90.1 Å². The summed E-state index contributed by atoms with van der Waals surface area (Å²) in [5.41, 5.74) is 9.02. The Hall–Kier alpha value is -4.24. The molecule has 0 spiro atoms. The van der Waals surface area contributed by atoms with E-state index in [0.717, 1.165) is 16.8 Å². The molecule has 34 heavy (non-hydrogen) atoms. The van der Waals surface area contributed by atoms with Gasteiger partial charge in [-0.2, -0.15) is 0 Å². The summed E-state index contributed by atoms with van der Waals surface area (Å²) in [6.45, 7) is 1.61. The Kier molecular flexibility index (Phi) is 6.55. The first-order chi connectivity index (χ1) is 16.3. The molecule has 1 heterocycles. The molecule has 4 rings (SSSR count). The summed E-state index contributed by atoms with van der Waals surface area (Å²) < 4.78 is 24.3. The number of benzene rings is 3. The Morgan fingerprint density at radius 1 is 0.824 bits per heavy atom. The number of sulfone groups is 1. The molecule has 1 amide bonds. The fourth-order valence-electron chi connectivity index (χ4n) is 3.35. The van der Waals surface area contributed by atoms with Crippen molar-refractivity contribution in [3.05, 3.63) is 90.8 Å². The van der Waals surface area contributed by atoms with Crippen molar-refractivity contribution in [2.24, 2.45) is 5.73 Å². The number of aromatic nitrogens is 2. The maximum absolute atomic E-state index is 12.2. The van der Waals surface area contributed by atoms with E-state index in [1.54, 1.807) is 55.5 Å². The molecule has 0 aliphatic heterocycles. The lowest BCUT2D eigenvalue weighted by Gasteiger charge is -2.11. The number of nitrogens with one attached hydrogen (secondary N) is 2. The van der Waals surface area contributed by atoms with Crippen LogP contribution in [0.1, 0.15) is 17.3 Å². The molecule has 0 fully saturated rings. The number of carbonyl (C=O) groups is 1. The lowest BCUT2D eigenvalue weighted by Crippen LogP contribution is -2.10. The topological polar surface area (TPSA) is 127 Å². The number of hydrogen-bond acceptors (Lipinski definition) is 7. The van der Waals surface area contributed by atoms with E-state index < -0.39 is 15.7 Å². The lowest BCUT2D eigenvalue weighted by molar-refractivity contribution is 0.100. The number of rotatable bonds is 8. The van der Waals surface area contributed by atoms with Gasteiger partial charge in [0, 0.05) is 23.0 Å². The number of primary amides is 1. The lowest BCUT2D eigenvalue weighted by atomic mass is 10.0. The van der Waals surface area contributed by atoms with Crippen LogP contribution in [0, 0.1) is 0 Å². The van der Waals surface area contributed by atoms with Gasteiger partial charge in [0.05, 0.1) is 10.6 Å². The minimum absolute atomic E-state index is 0.0317. The van der Waals surface area contributed by atoms with Gasteiger partial charge in [0.25, 0.3) is 0 Å². The second-order valence-corrected chi connectivity index (χ2v) is 9.77. The molecular formula is C25H23N5O3S. The molecule has 0 unspecified atom stereocenters. The van der Waals surface area contributed by atoms with E-state index >= 15 is 0 Å². The van der Waals surface area contributed by atoms with Crippen molar-refractivity contribution in [3.8, 4) is 11.1 Å². The van der Waals surface area contributed by atoms with Gasteiger partial charge in [-0.1, -0.05) is 37.3 Å². The predicted molar refractivity (Wildman–Crippen MR) is 133 cm³/mol. The Bertz CT molecular complexity index is 1450. The van der Waals surface area contributed by atoms with Crippen molar-refractivity contribution in [1.29, 1.82) is 0 Å². The summed E-state index contributed by atoms with van der Waals surface area (Å²) in [7, 11) is -3.31. The number of amides is 1. The highest BCUT2D eigenvalue weighted by Gasteiger charge is 2.12. The molecule has 0 radical (unpaired) electrons. The molecule has 4 N–H and O–H groups in total. The van der Waals surface area contributed by atoms with Gasteiger partial charge in [0.2, 0.25) is 5.91 Å². The number of hydrogen-bond donors (Lipinski definition) is 3. The van der Waals surface area contributed by atoms with Crippen LogP contribution in [0.4, 0.5) is 23.0 Å². The van der Waals surface area contributed by atoms with Crippen LogP contribution in [0.2, 0.25) is 0 Å². The Labute approximate surface area is 197 Å². The van der Waals surface area contributed by atoms with Crippen molar-refractivity contribution >= 4 is 38.8 Å². The molecule has 0 aliphatic rings. The van der Waals surface area contributed by atoms with E-state index in [-0.39, 0.29) is 10.6 Å². The van der Waals surface area contributed by atoms with Crippen molar-refractivity contribution < 1.29 is 13.2 Å². The fraction of sp³-hybridized carbons (Fsp3) is 0.0800. The van der Waals surface area contributed by atoms with Gasteiger partial charge in [0.15, 0.2) is 9.84 Å². The Balaban J connectivity index is 1.54. The second-order valence-electron chi connectivity index (χ2n) is 7.50. The van der Waals surface area contributed by atoms with E-state index in [1.165, 1.54) is 6.33 Å². The predicted octanol–water partition coefficient (Wildman–Crippen LogP) is 4.52. The summed E-state index contributed by atoms with van der Waals surface area (Å²) in [4.78, 5) is 20.2. The van der Waals surface area contributed by atoms with E-state index in [4.69, 9.17) is 5.73 Å². The van der Waals surface area contributed by atoms with Gasteiger partial charge in [-0.15, -0.1) is 0 Å². The van der Waals surface area contributed by atoms with Gasteiger partial charge in [-0.25, -0.2) is 18.4 Å². The van der Waals surface area contributed by atoms with Gasteiger partial charge in [-0.05, 0) is 53.6 Å². The summed E-state index contributed by atoms with van der Waals surface area (Å²) in [5.74, 6) is 0.617. The van der Waals surface area contributed by atoms with E-state index in [1.807, 2.05) is 30.3 Å². The molecule has 1 aromatic heterocycles. The molecule has 172 valence electrons. The van der Waals surface area contributed by atoms with Crippen LogP contribution >= 0.6 is 0 Å². The van der Waals surface area contributed by atoms with Crippen LogP contribution < -0.4 is 16.4 Å². The van der Waals surface area contributed by atoms with E-state index in [9.17, 15) is 13.2 Å². The average Bonchev–Trinajstić information content (AvgIpc) is 2.85. The SMILES string of the molecule is CCS(=O)(=O)c1cccc(Nc2cc(Nc3cccc(-c4cccc(C(N)=O)c4)c3)ncn2)c1. The third kappa shape index (κ3) is 5.38. The zero-order valence-corrected chi connectivity index (χ0v) is 19.2. The monoisotopic (exact) mass is 473 g/mol. The smallest absolute Gasteiger partial charge is 0.248 e. The quantitative estimate of drug-likeness (QED) is 0.343. The van der Waals surface area contributed by atoms with Gasteiger partial charge in [-0.3, -0.25) is 4.79 Å². The van der Waals surface area contributed by atoms with E-state index in [0.29, 0.717) is 22.9 Å². The van der Waals surface area contributed by atoms with Gasteiger partial charge >= 0.3 is 0 Å². The van der Waals surface area contributed by atoms with Crippen LogP contribution in [0.25, 0.3) is 11.1 Å². The Morgan fingerprint density at radius 2 is 1.41 bits per heavy atom. The summed E-state index contributed by atoms with van der Waals surface area (Å²) >= 11 is 0. The van der Waals surface area contributed by atoms with E-state index in [2.05, 4.69) is 20.6 Å². The van der Waals surface area contributed by atoms with Crippen molar-refractivity contribution in [3.63, 3.8) is 0 Å². The second kappa shape index (κ2) is 9.72. The highest BCUT2D eigenvalue weighted by molar-refractivity contribution is 7.91. The largest absolute Gasteiger partial charge is 0.366 e. The number of carbonyl (C=O) groups excluding carboxylic acids is 1. The first-order valence-corrected chi connectivity index (χ1v) is 12.2. The number of anilines is 4. The zero-order valence-electron chi connectivity index (χ0n) is 18.4. The standard InChI is InChI=1S/C25H23N5O3S/c1-2-34(32,33)22-11-5-10-21(14-22)30-24-15-23(27-16-28-24)29-20-9-4-7-18(13-20)17-6-3-8-19(12-17)25(26)31/h3-16H,2H2,1H3,(H2,26,31)(H2,27,28,29,30). The summed E-state index contributed by atoms with van der Waals surface area (Å²) in [6.07, 6.45) is 1.41. The van der Waals surface area contributed by atoms with Gasteiger partial charge in [0.1, 0.15) is 18.0 Å². The maximum atomic E-state index is 12.2. The molecule has 0 bridgehead atoms. The molecule has 0 saturated heterocycles. The molecule has 0 atom stereocenters. The highest BCUT2D eigenvalue weighted by Crippen LogP contribution is 2.26. The Morgan fingerprint density at radius 3 is 2.06 bits per heavy atom. The zero-order chi connectivity index (χ0) is 24.1. The first kappa shape index (κ1) is 22.9. The average molecular weight is 474 g/mol. The van der Waals surface area contributed by atoms with Gasteiger partial charge < -0.3 is 16.4 Å². The fourth-order valence-corrected chi connectivity index (χ4v) is 4.28. The summed E-state index contributed by atoms with van der Waals surface area (Å²) in [5, 5.41) is 6.37. The molecule has 3 aromatic carbocycles. The summed E-state index contributed by atoms with van der Waals surface area (Å²) in [6, 6.07) is 23.1. The molecule has 8 nitrogen and oxygen atoms in total. The van der Waals surface area contributed by atoms with Crippen molar-refractivity contribution in [2.75, 3.05) is 16.4 Å². The molecular weight excluding hydrogens is 450 g/mol. The number of nitrogens with zero attached hydrogens (tertiary/aromatic N) is 2. The van der Waals surface area contributed by atoms with Crippen LogP contribution in [0.3, 0.4) is 0 Å². The number of nitrogens with two attached hydrogens (primary N) is 1. The maximum Gasteiger partial charge on any atom is 0.248 e. The van der Waals surface area contributed by atoms with Crippen LogP contribution in [-0.2, 0) is 9.84 Å². The third-order valence-corrected chi connectivity index (χ3v) is 6.86. The normalized spacial score (nSPS) is 11.1. The third-order valence-electron chi connectivity index (χ3n) is 5.13. The first-order valence-electron chi connectivity index (χ1n) is 10.5. The molecule has 4 aromatic rings. The van der Waals surface area contributed by atoms with Crippen LogP contribution in [-0.4, -0.2) is 30.0 Å². The molecule has 0 aliphatic carbocycles. The molecule has 0 saturated carbocycles. The minimum Gasteiger partial charge on any atom is -0.366 e.